The van der Waals surface area contributed by atoms with Crippen molar-refractivity contribution in [2.45, 2.75) is 44.3 Å². The molecule has 2 atom stereocenters. The Labute approximate surface area is 161 Å². The fraction of sp³-hybridized carbons (Fsp3) is 0.421. The van der Waals surface area contributed by atoms with Crippen molar-refractivity contribution in [2.75, 3.05) is 0 Å². The molecule has 2 fully saturated rings. The summed E-state index contributed by atoms with van der Waals surface area (Å²) in [6, 6.07) is 8.84. The molecule has 1 saturated heterocycles. The summed E-state index contributed by atoms with van der Waals surface area (Å²) >= 11 is 0. The van der Waals surface area contributed by atoms with E-state index in [9.17, 15) is 14.4 Å². The van der Waals surface area contributed by atoms with E-state index in [4.69, 9.17) is 0 Å². The summed E-state index contributed by atoms with van der Waals surface area (Å²) in [5.74, 6) is -0.0604. The molecule has 1 aromatic heterocycles. The monoisotopic (exact) mass is 382 g/mol. The van der Waals surface area contributed by atoms with Gasteiger partial charge in [0.2, 0.25) is 5.91 Å². The molecule has 1 aliphatic carbocycles. The Balaban J connectivity index is 1.36. The molecule has 1 aromatic carbocycles. The first-order chi connectivity index (χ1) is 13.6. The van der Waals surface area contributed by atoms with Crippen LogP contribution in [0.4, 0.5) is 4.79 Å². The summed E-state index contributed by atoms with van der Waals surface area (Å²) in [6.07, 6.45) is 5.28. The molecule has 9 nitrogen and oxygen atoms in total. The van der Waals surface area contributed by atoms with Gasteiger partial charge >= 0.3 is 6.03 Å². The van der Waals surface area contributed by atoms with Crippen LogP contribution in [0.15, 0.2) is 36.5 Å². The lowest BCUT2D eigenvalue weighted by molar-refractivity contribution is -0.123. The van der Waals surface area contributed by atoms with Gasteiger partial charge < -0.3 is 10.6 Å². The third-order valence-corrected chi connectivity index (χ3v) is 5.26. The number of benzene rings is 1. The molecule has 4 amide bonds. The lowest BCUT2D eigenvalue weighted by Gasteiger charge is -2.34. The van der Waals surface area contributed by atoms with Crippen LogP contribution in [0.1, 0.15) is 36.6 Å². The maximum atomic E-state index is 12.6. The van der Waals surface area contributed by atoms with Crippen molar-refractivity contribution in [2.24, 2.45) is 5.92 Å². The van der Waals surface area contributed by atoms with E-state index < -0.39 is 12.1 Å². The van der Waals surface area contributed by atoms with Crippen LogP contribution in [0.3, 0.4) is 0 Å². The number of amides is 4. The van der Waals surface area contributed by atoms with Gasteiger partial charge in [-0.1, -0.05) is 42.0 Å². The van der Waals surface area contributed by atoms with Gasteiger partial charge in [0.05, 0.1) is 11.7 Å². The second kappa shape index (κ2) is 7.79. The van der Waals surface area contributed by atoms with E-state index in [0.29, 0.717) is 11.6 Å². The second-order valence-electron chi connectivity index (χ2n) is 7.27. The van der Waals surface area contributed by atoms with Gasteiger partial charge in [-0.15, -0.1) is 5.10 Å². The minimum atomic E-state index is -0.660. The topological polar surface area (TPSA) is 118 Å². The highest BCUT2D eigenvalue weighted by molar-refractivity contribution is 6.04. The van der Waals surface area contributed by atoms with Crippen LogP contribution in [0, 0.1) is 5.92 Å². The molecular formula is C19H22N6O3. The number of nitrogens with one attached hydrogen (secondary N) is 3. The number of rotatable bonds is 7. The number of carbonyl (C=O) groups is 3. The molecule has 1 saturated carbocycles. The van der Waals surface area contributed by atoms with Gasteiger partial charge in [0, 0.05) is 12.6 Å². The SMILES string of the molecule is O=C(Cn1cc(C[C@@H]2NC(=O)NC2=O)nn1)N[C@@H](c1ccccc1)C1CCC1. The van der Waals surface area contributed by atoms with E-state index in [2.05, 4.69) is 26.3 Å². The highest BCUT2D eigenvalue weighted by Crippen LogP contribution is 2.37. The molecule has 0 radical (unpaired) electrons. The van der Waals surface area contributed by atoms with Crippen LogP contribution in [0.5, 0.6) is 0 Å². The minimum Gasteiger partial charge on any atom is -0.347 e. The molecule has 146 valence electrons. The highest BCUT2D eigenvalue weighted by Gasteiger charge is 2.31. The third kappa shape index (κ3) is 4.03. The molecule has 1 aliphatic heterocycles. The number of carbonyl (C=O) groups excluding carboxylic acids is 3. The average molecular weight is 382 g/mol. The van der Waals surface area contributed by atoms with Crippen LogP contribution in [0.2, 0.25) is 0 Å². The van der Waals surface area contributed by atoms with Crippen LogP contribution in [-0.2, 0) is 22.6 Å². The largest absolute Gasteiger partial charge is 0.347 e. The summed E-state index contributed by atoms with van der Waals surface area (Å²) in [5, 5.41) is 15.8. The standard InChI is InChI=1S/C19H22N6O3/c26-16(21-17(13-7-4-8-13)12-5-2-1-3-6-12)11-25-10-14(23-24-25)9-15-18(27)22-19(28)20-15/h1-3,5-6,10,13,15,17H,4,7-9,11H2,(H,21,26)(H2,20,22,27,28)/t15-,17-/m0/s1. The Hall–Kier alpha value is -3.23. The molecule has 3 N–H and O–H groups in total. The van der Waals surface area contributed by atoms with Crippen molar-refractivity contribution in [1.82, 2.24) is 30.9 Å². The second-order valence-corrected chi connectivity index (χ2v) is 7.27. The van der Waals surface area contributed by atoms with Gasteiger partial charge in [0.15, 0.2) is 0 Å². The number of aromatic nitrogens is 3. The highest BCUT2D eigenvalue weighted by atomic mass is 16.2. The predicted octanol–water partition coefficient (Wildman–Crippen LogP) is 0.686. The van der Waals surface area contributed by atoms with Crippen molar-refractivity contribution in [3.63, 3.8) is 0 Å². The Kier molecular flexibility index (Phi) is 5.05. The van der Waals surface area contributed by atoms with E-state index in [1.165, 1.54) is 11.1 Å². The Morgan fingerprint density at radius 1 is 1.25 bits per heavy atom. The lowest BCUT2D eigenvalue weighted by atomic mass is 9.77. The van der Waals surface area contributed by atoms with Crippen molar-refractivity contribution >= 4 is 17.8 Å². The molecule has 2 aliphatic rings. The Morgan fingerprint density at radius 3 is 2.68 bits per heavy atom. The van der Waals surface area contributed by atoms with Gasteiger partial charge in [0.25, 0.3) is 5.91 Å². The van der Waals surface area contributed by atoms with Gasteiger partial charge in [-0.25, -0.2) is 9.48 Å². The van der Waals surface area contributed by atoms with E-state index in [1.54, 1.807) is 6.20 Å². The van der Waals surface area contributed by atoms with Crippen LogP contribution >= 0.6 is 0 Å². The fourth-order valence-electron chi connectivity index (χ4n) is 3.59. The molecule has 4 rings (SSSR count). The smallest absolute Gasteiger partial charge is 0.322 e. The van der Waals surface area contributed by atoms with Gasteiger partial charge in [-0.3, -0.25) is 14.9 Å². The molecule has 0 spiro atoms. The van der Waals surface area contributed by atoms with E-state index in [1.807, 2.05) is 30.3 Å². The van der Waals surface area contributed by atoms with Crippen LogP contribution in [0.25, 0.3) is 0 Å². The number of imide groups is 1. The molecule has 0 bridgehead atoms. The minimum absolute atomic E-state index is 0.00263. The average Bonchev–Trinajstić information content (AvgIpc) is 3.19. The molecule has 9 heteroatoms. The molecular weight excluding hydrogens is 360 g/mol. The van der Waals surface area contributed by atoms with Crippen LogP contribution in [-0.4, -0.2) is 38.9 Å². The quantitative estimate of drug-likeness (QED) is 0.609. The Morgan fingerprint density at radius 2 is 2.04 bits per heavy atom. The van der Waals surface area contributed by atoms with Gasteiger partial charge in [-0.2, -0.15) is 0 Å². The first-order valence-corrected chi connectivity index (χ1v) is 9.43. The maximum absolute atomic E-state index is 12.6. The van der Waals surface area contributed by atoms with Gasteiger partial charge in [-0.05, 0) is 24.3 Å². The summed E-state index contributed by atoms with van der Waals surface area (Å²) in [6.45, 7) is 0.0479. The first kappa shape index (κ1) is 18.1. The number of hydrogen-bond acceptors (Lipinski definition) is 5. The number of nitrogens with zero attached hydrogens (tertiary/aromatic N) is 3. The van der Waals surface area contributed by atoms with Crippen molar-refractivity contribution in [1.29, 1.82) is 0 Å². The Bertz CT molecular complexity index is 877. The molecule has 28 heavy (non-hydrogen) atoms. The fourth-order valence-corrected chi connectivity index (χ4v) is 3.59. The summed E-state index contributed by atoms with van der Waals surface area (Å²) in [5.41, 5.74) is 1.65. The van der Waals surface area contributed by atoms with Crippen molar-refractivity contribution in [3.8, 4) is 0 Å². The van der Waals surface area contributed by atoms with Gasteiger partial charge in [0.1, 0.15) is 12.6 Å². The normalized spacial score (nSPS) is 20.2. The predicted molar refractivity (Wildman–Crippen MR) is 98.9 cm³/mol. The zero-order valence-corrected chi connectivity index (χ0v) is 15.3. The maximum Gasteiger partial charge on any atom is 0.322 e. The third-order valence-electron chi connectivity index (χ3n) is 5.26. The van der Waals surface area contributed by atoms with E-state index in [-0.39, 0.29) is 30.8 Å². The molecule has 0 unspecified atom stereocenters. The number of urea groups is 1. The lowest BCUT2D eigenvalue weighted by Crippen LogP contribution is -2.38. The number of hydrogen-bond donors (Lipinski definition) is 3. The van der Waals surface area contributed by atoms with E-state index >= 15 is 0 Å². The van der Waals surface area contributed by atoms with Crippen LogP contribution < -0.4 is 16.0 Å². The first-order valence-electron chi connectivity index (χ1n) is 9.43. The summed E-state index contributed by atoms with van der Waals surface area (Å²) in [4.78, 5) is 35.4. The zero-order valence-electron chi connectivity index (χ0n) is 15.3. The molecule has 2 aromatic rings. The zero-order chi connectivity index (χ0) is 19.5. The summed E-state index contributed by atoms with van der Waals surface area (Å²) < 4.78 is 1.45. The van der Waals surface area contributed by atoms with E-state index in [0.717, 1.165) is 18.4 Å². The summed E-state index contributed by atoms with van der Waals surface area (Å²) in [7, 11) is 0. The molecule has 2 heterocycles. The van der Waals surface area contributed by atoms with Crippen molar-refractivity contribution in [3.05, 3.63) is 47.8 Å². The van der Waals surface area contributed by atoms with Crippen molar-refractivity contribution < 1.29 is 14.4 Å².